The van der Waals surface area contributed by atoms with Crippen molar-refractivity contribution in [2.75, 3.05) is 11.5 Å². The van der Waals surface area contributed by atoms with Crippen LogP contribution in [0.4, 0.5) is 0 Å². The van der Waals surface area contributed by atoms with E-state index < -0.39 is 11.6 Å². The first-order valence-corrected chi connectivity index (χ1v) is 7.31. The van der Waals surface area contributed by atoms with E-state index in [-0.39, 0.29) is 24.4 Å². The van der Waals surface area contributed by atoms with E-state index in [9.17, 15) is 0 Å². The number of fused-ring (bicyclic) bond motifs is 3. The Kier molecular flexibility index (Phi) is 2.76. The van der Waals surface area contributed by atoms with Crippen molar-refractivity contribution < 1.29 is 18.9 Å². The predicted octanol–water partition coefficient (Wildman–Crippen LogP) is 1.77. The van der Waals surface area contributed by atoms with Gasteiger partial charge >= 0.3 is 0 Å². The number of hydrogen-bond donors (Lipinski definition) is 0. The maximum atomic E-state index is 6.00. The third-order valence-corrected chi connectivity index (χ3v) is 4.46. The van der Waals surface area contributed by atoms with Crippen LogP contribution in [0.25, 0.3) is 0 Å². The fourth-order valence-electron chi connectivity index (χ4n) is 2.84. The quantitative estimate of drug-likeness (QED) is 0.663. The highest BCUT2D eigenvalue weighted by Crippen LogP contribution is 2.42. The normalized spacial score (nSPS) is 47.3. The zero-order valence-electron chi connectivity index (χ0n) is 10.8. The van der Waals surface area contributed by atoms with E-state index in [1.54, 1.807) is 0 Å². The van der Waals surface area contributed by atoms with Gasteiger partial charge in [-0.2, -0.15) is 11.8 Å². The zero-order chi connectivity index (χ0) is 12.3. The number of hydrogen-bond acceptors (Lipinski definition) is 5. The molecule has 0 aliphatic carbocycles. The molecule has 0 amide bonds. The standard InChI is InChI=1S/C12H20O4S/c1-11(2)13-7-5-17-6-8-10(9(7)15-11)16-12(3,4)14-8/h7-10H,5-6H2,1-4H3/t7-,8+,9-,10-/m1/s1. The monoisotopic (exact) mass is 260 g/mol. The number of rotatable bonds is 0. The summed E-state index contributed by atoms with van der Waals surface area (Å²) in [6.45, 7) is 7.84. The van der Waals surface area contributed by atoms with Crippen molar-refractivity contribution in [1.29, 1.82) is 0 Å². The topological polar surface area (TPSA) is 36.9 Å². The van der Waals surface area contributed by atoms with E-state index in [4.69, 9.17) is 18.9 Å². The number of ether oxygens (including phenoxy) is 4. The third-order valence-electron chi connectivity index (χ3n) is 3.33. The minimum Gasteiger partial charge on any atom is -0.344 e. The Hall–Kier alpha value is 0.190. The van der Waals surface area contributed by atoms with Crippen molar-refractivity contribution in [2.24, 2.45) is 0 Å². The lowest BCUT2D eigenvalue weighted by molar-refractivity contribution is -0.175. The second-order valence-electron chi connectivity index (χ2n) is 5.81. The highest BCUT2D eigenvalue weighted by molar-refractivity contribution is 7.99. The van der Waals surface area contributed by atoms with Crippen molar-refractivity contribution >= 4 is 11.8 Å². The largest absolute Gasteiger partial charge is 0.344 e. The molecule has 3 heterocycles. The molecule has 0 N–H and O–H groups in total. The summed E-state index contributed by atoms with van der Waals surface area (Å²) >= 11 is 1.86. The van der Waals surface area contributed by atoms with Gasteiger partial charge in [-0.05, 0) is 27.7 Å². The maximum Gasteiger partial charge on any atom is 0.163 e. The Labute approximate surface area is 106 Å². The van der Waals surface area contributed by atoms with Gasteiger partial charge in [-0.25, -0.2) is 0 Å². The van der Waals surface area contributed by atoms with E-state index in [1.165, 1.54) is 0 Å². The minimum absolute atomic E-state index is 0.00762. The molecule has 0 saturated carbocycles. The molecule has 0 aromatic carbocycles. The van der Waals surface area contributed by atoms with E-state index in [0.29, 0.717) is 0 Å². The Morgan fingerprint density at radius 3 is 1.59 bits per heavy atom. The van der Waals surface area contributed by atoms with Gasteiger partial charge in [0.1, 0.15) is 12.2 Å². The molecule has 17 heavy (non-hydrogen) atoms. The summed E-state index contributed by atoms with van der Waals surface area (Å²) in [5.74, 6) is 0.893. The molecule has 4 nitrogen and oxygen atoms in total. The molecule has 0 bridgehead atoms. The molecule has 4 atom stereocenters. The molecule has 3 rings (SSSR count). The lowest BCUT2D eigenvalue weighted by Gasteiger charge is -2.23. The van der Waals surface area contributed by atoms with Crippen LogP contribution < -0.4 is 0 Å². The second-order valence-corrected chi connectivity index (χ2v) is 6.89. The second kappa shape index (κ2) is 3.84. The van der Waals surface area contributed by atoms with Crippen LogP contribution in [-0.4, -0.2) is 47.5 Å². The molecule has 98 valence electrons. The smallest absolute Gasteiger partial charge is 0.163 e. The Morgan fingerprint density at radius 1 is 0.765 bits per heavy atom. The first kappa shape index (κ1) is 12.2. The van der Waals surface area contributed by atoms with Crippen molar-refractivity contribution in [3.05, 3.63) is 0 Å². The van der Waals surface area contributed by atoms with Gasteiger partial charge in [-0.15, -0.1) is 0 Å². The van der Waals surface area contributed by atoms with E-state index in [0.717, 1.165) is 11.5 Å². The van der Waals surface area contributed by atoms with Crippen LogP contribution in [0.1, 0.15) is 27.7 Å². The Morgan fingerprint density at radius 2 is 1.18 bits per heavy atom. The molecule has 0 aromatic heterocycles. The summed E-state index contributed by atoms with van der Waals surface area (Å²) < 4.78 is 23.9. The van der Waals surface area contributed by atoms with E-state index in [1.807, 2.05) is 39.5 Å². The zero-order valence-corrected chi connectivity index (χ0v) is 11.6. The van der Waals surface area contributed by atoms with Gasteiger partial charge < -0.3 is 18.9 Å². The fourth-order valence-corrected chi connectivity index (χ4v) is 3.96. The van der Waals surface area contributed by atoms with Crippen LogP contribution >= 0.6 is 11.8 Å². The summed E-state index contributed by atoms with van der Waals surface area (Å²) in [7, 11) is 0. The molecular weight excluding hydrogens is 240 g/mol. The van der Waals surface area contributed by atoms with E-state index >= 15 is 0 Å². The molecule has 5 heteroatoms. The van der Waals surface area contributed by atoms with Gasteiger partial charge in [0.2, 0.25) is 0 Å². The van der Waals surface area contributed by atoms with Crippen molar-refractivity contribution in [2.45, 2.75) is 63.7 Å². The van der Waals surface area contributed by atoms with Crippen LogP contribution in [0.15, 0.2) is 0 Å². The summed E-state index contributed by atoms with van der Waals surface area (Å²) in [5.41, 5.74) is 0. The first-order chi connectivity index (χ1) is 7.86. The van der Waals surface area contributed by atoms with Gasteiger partial charge in [-0.1, -0.05) is 0 Å². The third kappa shape index (κ3) is 2.24. The molecule has 3 fully saturated rings. The first-order valence-electron chi connectivity index (χ1n) is 6.15. The SMILES string of the molecule is CC1(C)O[C@H]2[C@@H]3OC(C)(C)O[C@@H]3CSC[C@@H]2O1. The highest BCUT2D eigenvalue weighted by atomic mass is 32.2. The summed E-state index contributed by atoms with van der Waals surface area (Å²) in [5, 5.41) is 0. The average Bonchev–Trinajstić information content (AvgIpc) is 2.59. The summed E-state index contributed by atoms with van der Waals surface area (Å²) in [6.07, 6.45) is 0.212. The Balaban J connectivity index is 1.83. The molecule has 0 unspecified atom stereocenters. The average molecular weight is 260 g/mol. The van der Waals surface area contributed by atoms with Crippen LogP contribution in [0, 0.1) is 0 Å². The van der Waals surface area contributed by atoms with Crippen LogP contribution in [0.2, 0.25) is 0 Å². The van der Waals surface area contributed by atoms with Gasteiger partial charge in [0, 0.05) is 11.5 Å². The van der Waals surface area contributed by atoms with Gasteiger partial charge in [0.05, 0.1) is 12.2 Å². The lowest BCUT2D eigenvalue weighted by Crippen LogP contribution is -2.41. The molecule has 0 aromatic rings. The molecule has 0 spiro atoms. The van der Waals surface area contributed by atoms with Gasteiger partial charge in [0.15, 0.2) is 11.6 Å². The van der Waals surface area contributed by atoms with E-state index in [2.05, 4.69) is 0 Å². The molecule has 0 radical (unpaired) electrons. The lowest BCUT2D eigenvalue weighted by atomic mass is 10.1. The maximum absolute atomic E-state index is 6.00. The van der Waals surface area contributed by atoms with Gasteiger partial charge in [-0.3, -0.25) is 0 Å². The van der Waals surface area contributed by atoms with Gasteiger partial charge in [0.25, 0.3) is 0 Å². The van der Waals surface area contributed by atoms with Crippen LogP contribution in [-0.2, 0) is 18.9 Å². The number of thioether (sulfide) groups is 1. The molecule has 3 aliphatic heterocycles. The van der Waals surface area contributed by atoms with Crippen molar-refractivity contribution in [3.63, 3.8) is 0 Å². The minimum atomic E-state index is -0.506. The van der Waals surface area contributed by atoms with Crippen LogP contribution in [0.5, 0.6) is 0 Å². The summed E-state index contributed by atoms with van der Waals surface area (Å²) in [6, 6.07) is 0. The Bertz CT molecular complexity index is 288. The fraction of sp³-hybridized carbons (Fsp3) is 1.00. The predicted molar refractivity (Wildman–Crippen MR) is 65.0 cm³/mol. The highest BCUT2D eigenvalue weighted by Gasteiger charge is 2.54. The molecule has 3 aliphatic rings. The summed E-state index contributed by atoms with van der Waals surface area (Å²) in [4.78, 5) is 0. The van der Waals surface area contributed by atoms with Crippen molar-refractivity contribution in [1.82, 2.24) is 0 Å². The molecular formula is C12H20O4S. The van der Waals surface area contributed by atoms with Crippen LogP contribution in [0.3, 0.4) is 0 Å². The van der Waals surface area contributed by atoms with Crippen molar-refractivity contribution in [3.8, 4) is 0 Å². The molecule has 3 saturated heterocycles.